The van der Waals surface area contributed by atoms with Gasteiger partial charge in [-0.1, -0.05) is 17.7 Å². The Bertz CT molecular complexity index is 566. The van der Waals surface area contributed by atoms with Crippen molar-refractivity contribution in [2.45, 2.75) is 20.8 Å². The maximum absolute atomic E-state index is 11.8. The molecule has 0 spiro atoms. The SMILES string of the molecule is CC(C)(C)C(=O)Oc1c[nH]c2c(Cl)cccc12. The highest BCUT2D eigenvalue weighted by Crippen LogP contribution is 2.31. The van der Waals surface area contributed by atoms with Gasteiger partial charge < -0.3 is 9.72 Å². The van der Waals surface area contributed by atoms with E-state index in [-0.39, 0.29) is 5.97 Å². The minimum atomic E-state index is -0.526. The normalized spacial score (nSPS) is 11.8. The standard InChI is InChI=1S/C13H14ClNO2/c1-13(2,3)12(16)17-10-7-15-11-8(10)5-4-6-9(11)14/h4-7,15H,1-3H3. The first-order chi connectivity index (χ1) is 7.89. The number of aromatic amines is 1. The van der Waals surface area contributed by atoms with Gasteiger partial charge in [0.05, 0.1) is 16.0 Å². The van der Waals surface area contributed by atoms with Gasteiger partial charge in [0.2, 0.25) is 0 Å². The van der Waals surface area contributed by atoms with E-state index in [0.717, 1.165) is 10.9 Å². The Kier molecular flexibility index (Phi) is 2.87. The number of benzene rings is 1. The van der Waals surface area contributed by atoms with Crippen LogP contribution in [0.1, 0.15) is 20.8 Å². The Morgan fingerprint density at radius 2 is 2.06 bits per heavy atom. The third kappa shape index (κ3) is 2.29. The molecule has 1 aromatic carbocycles. The zero-order valence-corrected chi connectivity index (χ0v) is 10.8. The van der Waals surface area contributed by atoms with Crippen LogP contribution < -0.4 is 4.74 Å². The number of hydrogen-bond donors (Lipinski definition) is 1. The number of H-pyrrole nitrogens is 1. The summed E-state index contributed by atoms with van der Waals surface area (Å²) in [5, 5.41) is 1.43. The smallest absolute Gasteiger partial charge is 0.316 e. The first-order valence-corrected chi connectivity index (χ1v) is 5.75. The van der Waals surface area contributed by atoms with Crippen LogP contribution in [0, 0.1) is 5.41 Å². The molecule has 0 saturated carbocycles. The molecular weight excluding hydrogens is 238 g/mol. The van der Waals surface area contributed by atoms with Gasteiger partial charge in [0.1, 0.15) is 0 Å². The van der Waals surface area contributed by atoms with Crippen LogP contribution in [0.15, 0.2) is 24.4 Å². The van der Waals surface area contributed by atoms with Crippen LogP contribution in [-0.2, 0) is 4.79 Å². The fraction of sp³-hybridized carbons (Fsp3) is 0.308. The number of ether oxygens (including phenoxy) is 1. The van der Waals surface area contributed by atoms with Crippen molar-refractivity contribution in [2.75, 3.05) is 0 Å². The first-order valence-electron chi connectivity index (χ1n) is 5.37. The predicted octanol–water partition coefficient (Wildman–Crippen LogP) is 3.77. The fourth-order valence-electron chi connectivity index (χ4n) is 1.43. The minimum absolute atomic E-state index is 0.265. The van der Waals surface area contributed by atoms with Gasteiger partial charge >= 0.3 is 5.97 Å². The van der Waals surface area contributed by atoms with Crippen LogP contribution in [-0.4, -0.2) is 11.0 Å². The number of aromatic nitrogens is 1. The Labute approximate surface area is 105 Å². The summed E-state index contributed by atoms with van der Waals surface area (Å²) in [4.78, 5) is 14.8. The molecular formula is C13H14ClNO2. The average Bonchev–Trinajstić information content (AvgIpc) is 2.62. The summed E-state index contributed by atoms with van der Waals surface area (Å²) in [5.74, 6) is 0.251. The van der Waals surface area contributed by atoms with Gasteiger partial charge in [0.15, 0.2) is 5.75 Å². The molecule has 0 aliphatic rings. The minimum Gasteiger partial charge on any atom is -0.424 e. The molecule has 2 rings (SSSR count). The van der Waals surface area contributed by atoms with Gasteiger partial charge in [-0.2, -0.15) is 0 Å². The number of carbonyl (C=O) groups excluding carboxylic acids is 1. The second-order valence-electron chi connectivity index (χ2n) is 4.95. The molecule has 0 radical (unpaired) electrons. The molecule has 0 fully saturated rings. The van der Waals surface area contributed by atoms with Crippen molar-refractivity contribution in [3.63, 3.8) is 0 Å². The van der Waals surface area contributed by atoms with E-state index in [4.69, 9.17) is 16.3 Å². The maximum Gasteiger partial charge on any atom is 0.316 e. The predicted molar refractivity (Wildman–Crippen MR) is 68.4 cm³/mol. The van der Waals surface area contributed by atoms with Crippen LogP contribution >= 0.6 is 11.6 Å². The van der Waals surface area contributed by atoms with Gasteiger partial charge in [-0.05, 0) is 32.9 Å². The van der Waals surface area contributed by atoms with Gasteiger partial charge in [-0.3, -0.25) is 4.79 Å². The molecule has 17 heavy (non-hydrogen) atoms. The Hall–Kier alpha value is -1.48. The molecule has 0 unspecified atom stereocenters. The molecule has 0 aliphatic heterocycles. The second kappa shape index (κ2) is 4.08. The highest BCUT2D eigenvalue weighted by Gasteiger charge is 2.24. The molecule has 1 N–H and O–H groups in total. The van der Waals surface area contributed by atoms with E-state index in [1.165, 1.54) is 0 Å². The molecule has 0 saturated heterocycles. The lowest BCUT2D eigenvalue weighted by molar-refractivity contribution is -0.142. The number of hydrogen-bond acceptors (Lipinski definition) is 2. The third-order valence-corrected chi connectivity index (χ3v) is 2.76. The molecule has 0 aliphatic carbocycles. The van der Waals surface area contributed by atoms with Crippen molar-refractivity contribution in [3.8, 4) is 5.75 Å². The first kappa shape index (κ1) is 12.0. The molecule has 4 heteroatoms. The highest BCUT2D eigenvalue weighted by atomic mass is 35.5. The molecule has 0 bridgehead atoms. The monoisotopic (exact) mass is 251 g/mol. The number of fused-ring (bicyclic) bond motifs is 1. The van der Waals surface area contributed by atoms with Gasteiger partial charge in [-0.15, -0.1) is 0 Å². The van der Waals surface area contributed by atoms with E-state index < -0.39 is 5.41 Å². The Balaban J connectivity index is 2.38. The largest absolute Gasteiger partial charge is 0.424 e. The zero-order valence-electron chi connectivity index (χ0n) is 10.0. The van der Waals surface area contributed by atoms with Crippen molar-refractivity contribution < 1.29 is 9.53 Å². The van der Waals surface area contributed by atoms with E-state index in [0.29, 0.717) is 10.8 Å². The summed E-state index contributed by atoms with van der Waals surface area (Å²) in [6, 6.07) is 5.48. The fourth-order valence-corrected chi connectivity index (χ4v) is 1.66. The summed E-state index contributed by atoms with van der Waals surface area (Å²) >= 11 is 6.03. The van der Waals surface area contributed by atoms with E-state index in [9.17, 15) is 4.79 Å². The zero-order chi connectivity index (χ0) is 12.6. The lowest BCUT2D eigenvalue weighted by Crippen LogP contribution is -2.25. The van der Waals surface area contributed by atoms with Gasteiger partial charge in [0.25, 0.3) is 0 Å². The third-order valence-electron chi connectivity index (χ3n) is 2.44. The summed E-state index contributed by atoms with van der Waals surface area (Å²) in [5.41, 5.74) is 0.258. The van der Waals surface area contributed by atoms with E-state index in [1.807, 2.05) is 32.9 Å². The van der Waals surface area contributed by atoms with Crippen LogP contribution in [0.3, 0.4) is 0 Å². The van der Waals surface area contributed by atoms with Gasteiger partial charge in [-0.25, -0.2) is 0 Å². The average molecular weight is 252 g/mol. The molecule has 2 aromatic rings. The van der Waals surface area contributed by atoms with E-state index in [2.05, 4.69) is 4.98 Å². The Morgan fingerprint density at radius 3 is 2.71 bits per heavy atom. The summed E-state index contributed by atoms with van der Waals surface area (Å²) in [7, 11) is 0. The Morgan fingerprint density at radius 1 is 1.35 bits per heavy atom. The quantitative estimate of drug-likeness (QED) is 0.784. The van der Waals surface area contributed by atoms with Crippen molar-refractivity contribution in [1.29, 1.82) is 0 Å². The van der Waals surface area contributed by atoms with Gasteiger partial charge in [0, 0.05) is 11.6 Å². The number of halogens is 1. The van der Waals surface area contributed by atoms with Crippen molar-refractivity contribution in [3.05, 3.63) is 29.4 Å². The summed E-state index contributed by atoms with van der Waals surface area (Å²) < 4.78 is 5.36. The maximum atomic E-state index is 11.8. The molecule has 90 valence electrons. The molecule has 1 heterocycles. The molecule has 3 nitrogen and oxygen atoms in total. The van der Waals surface area contributed by atoms with Crippen LogP contribution in [0.25, 0.3) is 10.9 Å². The molecule has 1 aromatic heterocycles. The summed E-state index contributed by atoms with van der Waals surface area (Å²) in [6.07, 6.45) is 1.65. The number of carbonyl (C=O) groups is 1. The van der Waals surface area contributed by atoms with Crippen LogP contribution in [0.4, 0.5) is 0 Å². The van der Waals surface area contributed by atoms with E-state index >= 15 is 0 Å². The lowest BCUT2D eigenvalue weighted by atomic mass is 9.97. The second-order valence-corrected chi connectivity index (χ2v) is 5.36. The highest BCUT2D eigenvalue weighted by molar-refractivity contribution is 6.35. The number of para-hydroxylation sites is 1. The lowest BCUT2D eigenvalue weighted by Gasteiger charge is -2.15. The van der Waals surface area contributed by atoms with Crippen molar-refractivity contribution in [2.24, 2.45) is 5.41 Å². The van der Waals surface area contributed by atoms with Crippen LogP contribution in [0.5, 0.6) is 5.75 Å². The van der Waals surface area contributed by atoms with Crippen LogP contribution in [0.2, 0.25) is 5.02 Å². The number of rotatable bonds is 1. The van der Waals surface area contributed by atoms with Crippen molar-refractivity contribution >= 4 is 28.5 Å². The van der Waals surface area contributed by atoms with E-state index in [1.54, 1.807) is 12.3 Å². The summed E-state index contributed by atoms with van der Waals surface area (Å²) in [6.45, 7) is 5.45. The number of esters is 1. The topological polar surface area (TPSA) is 42.1 Å². The van der Waals surface area contributed by atoms with Crippen molar-refractivity contribution in [1.82, 2.24) is 4.98 Å². The molecule has 0 amide bonds. The molecule has 0 atom stereocenters. The number of nitrogens with one attached hydrogen (secondary N) is 1.